The van der Waals surface area contributed by atoms with Crippen molar-refractivity contribution >= 4 is 18.2 Å². The lowest BCUT2D eigenvalue weighted by Gasteiger charge is -2.08. The third kappa shape index (κ3) is 4.68. The largest absolute Gasteiger partial charge is 0.378 e. The first-order valence-electron chi connectivity index (χ1n) is 6.96. The van der Waals surface area contributed by atoms with Crippen molar-refractivity contribution in [2.24, 2.45) is 5.10 Å². The lowest BCUT2D eigenvalue weighted by Crippen LogP contribution is -2.25. The van der Waals surface area contributed by atoms with E-state index in [-0.39, 0.29) is 0 Å². The maximum atomic E-state index is 11.8. The molecule has 2 rings (SSSR count). The van der Waals surface area contributed by atoms with Gasteiger partial charge >= 0.3 is 0 Å². The van der Waals surface area contributed by atoms with E-state index in [1.54, 1.807) is 30.5 Å². The first kappa shape index (κ1) is 15.7. The molecule has 0 radical (unpaired) electrons. The molecule has 0 spiro atoms. The summed E-state index contributed by atoms with van der Waals surface area (Å²) in [5.41, 5.74) is 4.82. The third-order valence-electron chi connectivity index (χ3n) is 3.00. The summed E-state index contributed by atoms with van der Waals surface area (Å²) < 4.78 is 0. The molecule has 0 aromatic heterocycles. The summed E-state index contributed by atoms with van der Waals surface area (Å²) in [4.78, 5) is 11.8. The van der Waals surface area contributed by atoms with Crippen LogP contribution in [0.15, 0.2) is 71.3 Å². The van der Waals surface area contributed by atoms with Crippen LogP contribution in [-0.2, 0) is 4.79 Å². The Morgan fingerprint density at radius 3 is 2.32 bits per heavy atom. The molecule has 0 fully saturated rings. The van der Waals surface area contributed by atoms with Gasteiger partial charge in [-0.1, -0.05) is 66.7 Å². The van der Waals surface area contributed by atoms with Crippen LogP contribution in [0.4, 0.5) is 0 Å². The van der Waals surface area contributed by atoms with E-state index in [9.17, 15) is 9.90 Å². The van der Waals surface area contributed by atoms with Crippen LogP contribution in [0.2, 0.25) is 0 Å². The quantitative estimate of drug-likeness (QED) is 0.658. The van der Waals surface area contributed by atoms with Crippen molar-refractivity contribution in [3.05, 3.63) is 77.4 Å². The maximum Gasteiger partial charge on any atom is 0.273 e. The topological polar surface area (TPSA) is 61.7 Å². The normalized spacial score (nSPS) is 13.1. The summed E-state index contributed by atoms with van der Waals surface area (Å²) in [6.07, 6.45) is 2.27. The molecule has 1 amide bonds. The van der Waals surface area contributed by atoms with E-state index in [0.717, 1.165) is 11.1 Å². The molecular weight excluding hydrogens is 276 g/mol. The third-order valence-corrected chi connectivity index (χ3v) is 3.00. The molecule has 22 heavy (non-hydrogen) atoms. The van der Waals surface area contributed by atoms with Gasteiger partial charge in [0.25, 0.3) is 5.91 Å². The Hall–Kier alpha value is -2.72. The molecule has 2 N–H and O–H groups in total. The predicted octanol–water partition coefficient (Wildman–Crippen LogP) is 2.93. The van der Waals surface area contributed by atoms with E-state index in [1.165, 1.54) is 0 Å². The SMILES string of the molecule is CC(/C=N\NC(=O)[C@H](O)c1ccccc1)=C/c1ccccc1. The van der Waals surface area contributed by atoms with E-state index in [2.05, 4.69) is 10.5 Å². The molecule has 4 heteroatoms. The highest BCUT2D eigenvalue weighted by atomic mass is 16.3. The minimum absolute atomic E-state index is 0.534. The monoisotopic (exact) mass is 294 g/mol. The molecule has 2 aromatic carbocycles. The highest BCUT2D eigenvalue weighted by molar-refractivity contribution is 5.87. The maximum absolute atomic E-state index is 11.8. The van der Waals surface area contributed by atoms with Crippen molar-refractivity contribution in [3.63, 3.8) is 0 Å². The fourth-order valence-electron chi connectivity index (χ4n) is 1.89. The van der Waals surface area contributed by atoms with Gasteiger partial charge in [-0.25, -0.2) is 5.43 Å². The molecule has 0 saturated heterocycles. The van der Waals surface area contributed by atoms with E-state index in [1.807, 2.05) is 49.4 Å². The van der Waals surface area contributed by atoms with Crippen molar-refractivity contribution in [2.45, 2.75) is 13.0 Å². The molecule has 0 aliphatic rings. The van der Waals surface area contributed by atoms with E-state index < -0.39 is 12.0 Å². The van der Waals surface area contributed by atoms with Crippen LogP contribution in [0.25, 0.3) is 6.08 Å². The molecule has 0 bridgehead atoms. The first-order chi connectivity index (χ1) is 10.7. The Kier molecular flexibility index (Phi) is 5.63. The molecular formula is C18H18N2O2. The Bertz CT molecular complexity index is 664. The van der Waals surface area contributed by atoms with Gasteiger partial charge in [0.15, 0.2) is 6.10 Å². The van der Waals surface area contributed by atoms with Gasteiger partial charge < -0.3 is 5.11 Å². The van der Waals surface area contributed by atoms with Crippen LogP contribution in [0, 0.1) is 0 Å². The minimum Gasteiger partial charge on any atom is -0.378 e. The van der Waals surface area contributed by atoms with Crippen LogP contribution in [0.5, 0.6) is 0 Å². The second-order valence-electron chi connectivity index (χ2n) is 4.85. The average molecular weight is 294 g/mol. The lowest BCUT2D eigenvalue weighted by atomic mass is 10.1. The molecule has 0 aliphatic carbocycles. The van der Waals surface area contributed by atoms with Crippen molar-refractivity contribution in [1.82, 2.24) is 5.43 Å². The molecule has 2 aromatic rings. The number of amides is 1. The lowest BCUT2D eigenvalue weighted by molar-refractivity contribution is -0.129. The molecule has 0 saturated carbocycles. The van der Waals surface area contributed by atoms with Crippen LogP contribution in [0.1, 0.15) is 24.2 Å². The number of nitrogens with one attached hydrogen (secondary N) is 1. The minimum atomic E-state index is -1.23. The second kappa shape index (κ2) is 7.90. The van der Waals surface area contributed by atoms with Gasteiger partial charge in [0.1, 0.15) is 0 Å². The smallest absolute Gasteiger partial charge is 0.273 e. The Morgan fingerprint density at radius 2 is 1.68 bits per heavy atom. The van der Waals surface area contributed by atoms with Gasteiger partial charge in [-0.15, -0.1) is 0 Å². The Morgan fingerprint density at radius 1 is 1.09 bits per heavy atom. The number of aliphatic hydroxyl groups excluding tert-OH is 1. The van der Waals surface area contributed by atoms with Gasteiger partial charge in [0, 0.05) is 0 Å². The molecule has 4 nitrogen and oxygen atoms in total. The summed E-state index contributed by atoms with van der Waals surface area (Å²) in [5.74, 6) is -0.560. The Balaban J connectivity index is 1.92. The molecule has 1 atom stereocenters. The number of aliphatic hydroxyl groups is 1. The highest BCUT2D eigenvalue weighted by Crippen LogP contribution is 2.11. The predicted molar refractivity (Wildman–Crippen MR) is 88.1 cm³/mol. The number of allylic oxidation sites excluding steroid dienone is 1. The van der Waals surface area contributed by atoms with Crippen LogP contribution >= 0.6 is 0 Å². The van der Waals surface area contributed by atoms with Gasteiger partial charge in [-0.05, 0) is 23.6 Å². The second-order valence-corrected chi connectivity index (χ2v) is 4.85. The highest BCUT2D eigenvalue weighted by Gasteiger charge is 2.15. The number of carbonyl (C=O) groups is 1. The molecule has 0 heterocycles. The summed E-state index contributed by atoms with van der Waals surface area (Å²) in [6.45, 7) is 1.89. The molecule has 0 unspecified atom stereocenters. The van der Waals surface area contributed by atoms with Gasteiger partial charge in [-0.2, -0.15) is 5.10 Å². The number of carbonyl (C=O) groups excluding carboxylic acids is 1. The summed E-state index contributed by atoms with van der Waals surface area (Å²) in [6, 6.07) is 18.6. The zero-order valence-electron chi connectivity index (χ0n) is 12.3. The zero-order chi connectivity index (χ0) is 15.8. The van der Waals surface area contributed by atoms with Gasteiger partial charge in [-0.3, -0.25) is 4.79 Å². The fraction of sp³-hybridized carbons (Fsp3) is 0.111. The summed E-state index contributed by atoms with van der Waals surface area (Å²) >= 11 is 0. The summed E-state index contributed by atoms with van der Waals surface area (Å²) in [5, 5.41) is 13.8. The standard InChI is InChI=1S/C18H18N2O2/c1-14(12-15-8-4-2-5-9-15)13-19-20-18(22)17(21)16-10-6-3-7-11-16/h2-13,17,21H,1H3,(H,20,22)/b14-12-,19-13-/t17-/m1/s1. The van der Waals surface area contributed by atoms with E-state index in [4.69, 9.17) is 0 Å². The van der Waals surface area contributed by atoms with Crippen LogP contribution < -0.4 is 5.43 Å². The van der Waals surface area contributed by atoms with E-state index in [0.29, 0.717) is 5.56 Å². The number of benzene rings is 2. The number of hydrogen-bond acceptors (Lipinski definition) is 3. The number of rotatable bonds is 5. The van der Waals surface area contributed by atoms with Crippen LogP contribution in [0.3, 0.4) is 0 Å². The molecule has 0 aliphatic heterocycles. The van der Waals surface area contributed by atoms with Crippen molar-refractivity contribution in [1.29, 1.82) is 0 Å². The zero-order valence-corrected chi connectivity index (χ0v) is 12.3. The Labute approximate surface area is 129 Å². The van der Waals surface area contributed by atoms with Crippen LogP contribution in [-0.4, -0.2) is 17.2 Å². The van der Waals surface area contributed by atoms with Crippen molar-refractivity contribution in [3.8, 4) is 0 Å². The van der Waals surface area contributed by atoms with Gasteiger partial charge in [0.05, 0.1) is 6.21 Å². The summed E-state index contributed by atoms with van der Waals surface area (Å²) in [7, 11) is 0. The van der Waals surface area contributed by atoms with Crippen molar-refractivity contribution in [2.75, 3.05) is 0 Å². The first-order valence-corrected chi connectivity index (χ1v) is 6.96. The van der Waals surface area contributed by atoms with Crippen molar-refractivity contribution < 1.29 is 9.90 Å². The molecule has 112 valence electrons. The van der Waals surface area contributed by atoms with Gasteiger partial charge in [0.2, 0.25) is 0 Å². The number of nitrogens with zero attached hydrogens (tertiary/aromatic N) is 1. The number of hydrazone groups is 1. The fourth-order valence-corrected chi connectivity index (χ4v) is 1.89. The average Bonchev–Trinajstić information content (AvgIpc) is 2.55. The van der Waals surface area contributed by atoms with E-state index >= 15 is 0 Å². The number of hydrogen-bond donors (Lipinski definition) is 2.